The van der Waals surface area contributed by atoms with Crippen molar-refractivity contribution in [2.24, 2.45) is 0 Å². The second-order valence-corrected chi connectivity index (χ2v) is 10.0. The molecular weight excluding hydrogens is 537 g/mol. The number of pyridine rings is 1. The van der Waals surface area contributed by atoms with Gasteiger partial charge in [0.15, 0.2) is 11.6 Å². The molecule has 2 aromatic carbocycles. The monoisotopic (exact) mass is 557 g/mol. The number of hydrogen-bond acceptors (Lipinski definition) is 3. The number of nitrogens with one attached hydrogen (secondary N) is 1. The minimum absolute atomic E-state index is 0.131. The first-order valence-electron chi connectivity index (χ1n) is 12.1. The maximum atomic E-state index is 14.9. The summed E-state index contributed by atoms with van der Waals surface area (Å²) in [4.78, 5) is 8.31. The van der Waals surface area contributed by atoms with E-state index in [2.05, 4.69) is 9.97 Å². The molecule has 1 N–H and O–H groups in total. The van der Waals surface area contributed by atoms with E-state index >= 15 is 0 Å². The van der Waals surface area contributed by atoms with E-state index in [1.807, 2.05) is 36.7 Å². The van der Waals surface area contributed by atoms with Gasteiger partial charge in [-0.25, -0.2) is 18.4 Å². The van der Waals surface area contributed by atoms with Crippen molar-refractivity contribution >= 4 is 28.3 Å². The minimum atomic E-state index is -4.70. The Morgan fingerprint density at radius 1 is 1.03 bits per heavy atom. The number of nitrogens with zero attached hydrogens (tertiary/aromatic N) is 4. The lowest BCUT2D eigenvalue weighted by Crippen LogP contribution is -2.32. The van der Waals surface area contributed by atoms with E-state index in [1.54, 1.807) is 11.0 Å². The zero-order valence-electron chi connectivity index (χ0n) is 20.8. The second kappa shape index (κ2) is 9.08. The van der Waals surface area contributed by atoms with Crippen LogP contribution < -0.4 is 4.90 Å². The Kier molecular flexibility index (Phi) is 5.91. The number of aromatic nitrogens is 4. The number of H-pyrrole nitrogens is 1. The maximum Gasteiger partial charge on any atom is 0.417 e. The van der Waals surface area contributed by atoms with Crippen LogP contribution in [0.1, 0.15) is 27.9 Å². The summed E-state index contributed by atoms with van der Waals surface area (Å²) in [7, 11) is 0. The number of fused-ring (bicyclic) bond motifs is 2. The number of hydrogen-bond donors (Lipinski definition) is 1. The van der Waals surface area contributed by atoms with E-state index in [1.165, 1.54) is 12.3 Å². The molecule has 39 heavy (non-hydrogen) atoms. The quantitative estimate of drug-likeness (QED) is 0.233. The Morgan fingerprint density at radius 2 is 1.77 bits per heavy atom. The Morgan fingerprint density at radius 3 is 2.46 bits per heavy atom. The van der Waals surface area contributed by atoms with Crippen LogP contribution in [0.5, 0.6) is 0 Å². The van der Waals surface area contributed by atoms with E-state index in [0.717, 1.165) is 28.1 Å². The molecule has 200 valence electrons. The average Bonchev–Trinajstić information content (AvgIpc) is 3.45. The molecule has 3 aromatic heterocycles. The molecule has 1 aliphatic heterocycles. The summed E-state index contributed by atoms with van der Waals surface area (Å²) in [6.45, 7) is 4.36. The highest BCUT2D eigenvalue weighted by atomic mass is 35.5. The van der Waals surface area contributed by atoms with Crippen LogP contribution in [0, 0.1) is 25.5 Å². The molecule has 5 nitrogen and oxygen atoms in total. The van der Waals surface area contributed by atoms with Gasteiger partial charge >= 0.3 is 6.18 Å². The summed E-state index contributed by atoms with van der Waals surface area (Å²) in [6, 6.07) is 9.30. The smallest absolute Gasteiger partial charge is 0.357 e. The van der Waals surface area contributed by atoms with Gasteiger partial charge in [-0.05, 0) is 43.2 Å². The van der Waals surface area contributed by atoms with E-state index in [4.69, 9.17) is 16.7 Å². The van der Waals surface area contributed by atoms with Crippen molar-refractivity contribution in [3.63, 3.8) is 0 Å². The van der Waals surface area contributed by atoms with Crippen molar-refractivity contribution < 1.29 is 22.0 Å². The molecule has 0 aliphatic carbocycles. The van der Waals surface area contributed by atoms with Crippen molar-refractivity contribution in [2.75, 3.05) is 11.4 Å². The number of aryl methyl sites for hydroxylation is 2. The maximum absolute atomic E-state index is 14.9. The Balaban J connectivity index is 1.57. The van der Waals surface area contributed by atoms with Crippen molar-refractivity contribution in [3.8, 4) is 16.9 Å². The highest BCUT2D eigenvalue weighted by Crippen LogP contribution is 2.41. The first-order chi connectivity index (χ1) is 18.5. The molecule has 0 saturated heterocycles. The summed E-state index contributed by atoms with van der Waals surface area (Å²) in [5, 5.41) is 5.74. The molecule has 11 heteroatoms. The number of rotatable bonds is 3. The van der Waals surface area contributed by atoms with Gasteiger partial charge in [0.2, 0.25) is 0 Å². The molecule has 0 atom stereocenters. The van der Waals surface area contributed by atoms with Crippen LogP contribution in [0.3, 0.4) is 0 Å². The zero-order chi connectivity index (χ0) is 27.6. The molecule has 0 saturated carbocycles. The van der Waals surface area contributed by atoms with Crippen LogP contribution in [0.25, 0.3) is 27.8 Å². The van der Waals surface area contributed by atoms with Crippen LogP contribution in [-0.2, 0) is 19.1 Å². The van der Waals surface area contributed by atoms with Crippen molar-refractivity contribution in [1.29, 1.82) is 0 Å². The van der Waals surface area contributed by atoms with Crippen LogP contribution in [-0.4, -0.2) is 26.3 Å². The summed E-state index contributed by atoms with van der Waals surface area (Å²) in [6.07, 6.45) is -2.16. The predicted octanol–water partition coefficient (Wildman–Crippen LogP) is 7.55. The van der Waals surface area contributed by atoms with E-state index < -0.39 is 23.4 Å². The Hall–Kier alpha value is -3.92. The molecule has 1 aliphatic rings. The summed E-state index contributed by atoms with van der Waals surface area (Å²) < 4.78 is 70.7. The molecule has 0 spiro atoms. The summed E-state index contributed by atoms with van der Waals surface area (Å²) >= 11 is 6.52. The zero-order valence-corrected chi connectivity index (χ0v) is 21.6. The first-order valence-corrected chi connectivity index (χ1v) is 12.5. The highest BCUT2D eigenvalue weighted by Gasteiger charge is 2.34. The molecule has 4 heterocycles. The van der Waals surface area contributed by atoms with E-state index in [9.17, 15) is 22.0 Å². The lowest BCUT2D eigenvalue weighted by atomic mass is 9.97. The number of benzene rings is 2. The van der Waals surface area contributed by atoms with Gasteiger partial charge in [-0.1, -0.05) is 29.8 Å². The fraction of sp³-hybridized carbons (Fsp3) is 0.214. The molecule has 6 rings (SSSR count). The largest absolute Gasteiger partial charge is 0.417 e. The fourth-order valence-electron chi connectivity index (χ4n) is 5.32. The Labute approximate surface area is 224 Å². The first kappa shape index (κ1) is 25.4. The van der Waals surface area contributed by atoms with Gasteiger partial charge in [-0.3, -0.25) is 0 Å². The number of anilines is 1. The normalized spacial score (nSPS) is 13.8. The number of alkyl halides is 3. The third-order valence-corrected chi connectivity index (χ3v) is 7.42. The molecular formula is C28H21ClF5N5. The Bertz CT molecular complexity index is 1730. The molecule has 0 amide bonds. The van der Waals surface area contributed by atoms with Crippen LogP contribution in [0.4, 0.5) is 27.8 Å². The topological polar surface area (TPSA) is 49.7 Å². The van der Waals surface area contributed by atoms with Gasteiger partial charge in [-0.15, -0.1) is 0 Å². The third kappa shape index (κ3) is 4.14. The van der Waals surface area contributed by atoms with E-state index in [0.29, 0.717) is 46.9 Å². The number of aromatic amines is 1. The van der Waals surface area contributed by atoms with Crippen molar-refractivity contribution in [1.82, 2.24) is 19.7 Å². The van der Waals surface area contributed by atoms with Crippen LogP contribution in [0.15, 0.2) is 48.8 Å². The van der Waals surface area contributed by atoms with Gasteiger partial charge in [0, 0.05) is 48.4 Å². The minimum Gasteiger partial charge on any atom is -0.357 e. The average molecular weight is 558 g/mol. The lowest BCUT2D eigenvalue weighted by Gasteiger charge is -2.28. The van der Waals surface area contributed by atoms with Gasteiger partial charge < -0.3 is 9.88 Å². The van der Waals surface area contributed by atoms with E-state index in [-0.39, 0.29) is 17.9 Å². The van der Waals surface area contributed by atoms with Gasteiger partial charge in [-0.2, -0.15) is 18.3 Å². The summed E-state index contributed by atoms with van der Waals surface area (Å²) in [5.41, 5.74) is 4.60. The molecule has 0 unspecified atom stereocenters. The third-order valence-electron chi connectivity index (χ3n) is 7.13. The second-order valence-electron chi connectivity index (χ2n) is 9.61. The summed E-state index contributed by atoms with van der Waals surface area (Å²) in [5.74, 6) is -1.71. The fourth-order valence-corrected chi connectivity index (χ4v) is 5.57. The van der Waals surface area contributed by atoms with Crippen LogP contribution in [0.2, 0.25) is 5.02 Å². The highest BCUT2D eigenvalue weighted by molar-refractivity contribution is 6.36. The lowest BCUT2D eigenvalue weighted by molar-refractivity contribution is -0.138. The molecule has 0 radical (unpaired) electrons. The molecule has 0 bridgehead atoms. The number of halogens is 6. The van der Waals surface area contributed by atoms with Crippen molar-refractivity contribution in [2.45, 2.75) is 33.0 Å². The predicted molar refractivity (Wildman–Crippen MR) is 139 cm³/mol. The SMILES string of the molecule is Cc1cccc(C)c1-n1nc2c(c1-c1ccc(F)c3[nH]cc(Cl)c13)CN(c1ncc(C(F)(F)F)cc1F)CC2. The van der Waals surface area contributed by atoms with Crippen LogP contribution >= 0.6 is 11.6 Å². The number of para-hydroxylation sites is 1. The van der Waals surface area contributed by atoms with Gasteiger partial charge in [0.25, 0.3) is 0 Å². The van der Waals surface area contributed by atoms with Gasteiger partial charge in [0.1, 0.15) is 5.82 Å². The van der Waals surface area contributed by atoms with Gasteiger partial charge in [0.05, 0.1) is 33.2 Å². The molecule has 0 fully saturated rings. The standard InChI is InChI=1S/C28H21ClF5N5/c1-14-4-3-5-15(2)25(14)39-26(17-6-7-20(30)24-23(17)19(29)12-35-24)18-13-38(9-8-22(18)37-39)27-21(31)10-16(11-36-27)28(32,33)34/h3-7,10-12,35H,8-9,13H2,1-2H3. The van der Waals surface area contributed by atoms with Crippen molar-refractivity contribution in [3.05, 3.63) is 93.4 Å². The molecule has 5 aromatic rings.